The van der Waals surface area contributed by atoms with Crippen LogP contribution in [0.25, 0.3) is 0 Å². The minimum atomic E-state index is -0.576. The highest BCUT2D eigenvalue weighted by Crippen LogP contribution is 2.34. The molecule has 0 spiro atoms. The second-order valence-electron chi connectivity index (χ2n) is 4.37. The molecule has 3 heteroatoms. The molecule has 2 rings (SSSR count). The Labute approximate surface area is 95.4 Å². The van der Waals surface area contributed by atoms with Crippen molar-refractivity contribution in [2.45, 2.75) is 19.3 Å². The van der Waals surface area contributed by atoms with Crippen LogP contribution < -0.4 is 0 Å². The average molecular weight is 220 g/mol. The Balaban J connectivity index is 2.41. The van der Waals surface area contributed by atoms with Gasteiger partial charge in [-0.15, -0.1) is 0 Å². The van der Waals surface area contributed by atoms with E-state index in [9.17, 15) is 4.79 Å². The number of carbonyl (C=O) groups excluding carboxylic acids is 1. The number of aryl methyl sites for hydroxylation is 2. The van der Waals surface area contributed by atoms with Crippen molar-refractivity contribution < 1.29 is 14.3 Å². The number of esters is 1. The molecule has 0 radical (unpaired) electrons. The predicted molar refractivity (Wildman–Crippen MR) is 60.4 cm³/mol. The van der Waals surface area contributed by atoms with Crippen molar-refractivity contribution in [1.29, 1.82) is 0 Å². The summed E-state index contributed by atoms with van der Waals surface area (Å²) in [4.78, 5) is 11.8. The molecule has 1 aromatic carbocycles. The summed E-state index contributed by atoms with van der Waals surface area (Å²) in [5.74, 6) is -0.206. The molecule has 16 heavy (non-hydrogen) atoms. The zero-order chi connectivity index (χ0) is 11.8. The quantitative estimate of drug-likeness (QED) is 0.712. The average Bonchev–Trinajstić information content (AvgIpc) is 2.21. The van der Waals surface area contributed by atoms with E-state index in [0.717, 1.165) is 5.56 Å². The van der Waals surface area contributed by atoms with Crippen molar-refractivity contribution in [3.8, 4) is 0 Å². The fourth-order valence-electron chi connectivity index (χ4n) is 1.94. The highest BCUT2D eigenvalue weighted by Gasteiger charge is 2.48. The summed E-state index contributed by atoms with van der Waals surface area (Å²) in [6.45, 7) is 4.94. The van der Waals surface area contributed by atoms with Crippen molar-refractivity contribution in [2.24, 2.45) is 0 Å². The molecule has 0 N–H and O–H groups in total. The molecule has 3 nitrogen and oxygen atoms in total. The van der Waals surface area contributed by atoms with Gasteiger partial charge in [-0.25, -0.2) is 0 Å². The normalized spacial score (nSPS) is 17.7. The highest BCUT2D eigenvalue weighted by atomic mass is 16.5. The maximum atomic E-state index is 11.8. The lowest BCUT2D eigenvalue weighted by Gasteiger charge is -2.39. The first-order chi connectivity index (χ1) is 7.60. The van der Waals surface area contributed by atoms with Crippen LogP contribution in [0.2, 0.25) is 0 Å². The molecule has 0 bridgehead atoms. The topological polar surface area (TPSA) is 35.5 Å². The predicted octanol–water partition coefficient (Wildman–Crippen LogP) is 1.74. The second kappa shape index (κ2) is 3.91. The van der Waals surface area contributed by atoms with Gasteiger partial charge in [-0.05, 0) is 30.5 Å². The van der Waals surface area contributed by atoms with E-state index in [-0.39, 0.29) is 5.97 Å². The summed E-state index contributed by atoms with van der Waals surface area (Å²) in [7, 11) is 1.42. The SMILES string of the molecule is COC(=O)C1(c2ccc(C)c(C)c2)COC1. The van der Waals surface area contributed by atoms with E-state index in [0.29, 0.717) is 13.2 Å². The van der Waals surface area contributed by atoms with Crippen molar-refractivity contribution >= 4 is 5.97 Å². The van der Waals surface area contributed by atoms with Gasteiger partial charge in [0.15, 0.2) is 0 Å². The minimum absolute atomic E-state index is 0.206. The van der Waals surface area contributed by atoms with Crippen molar-refractivity contribution in [2.75, 3.05) is 20.3 Å². The van der Waals surface area contributed by atoms with E-state index in [1.807, 2.05) is 19.1 Å². The standard InChI is InChI=1S/C13H16O3/c1-9-4-5-11(6-10(9)2)13(7-16-8-13)12(14)15-3/h4-6H,7-8H2,1-3H3. The molecule has 0 aromatic heterocycles. The Hall–Kier alpha value is -1.35. The number of methoxy groups -OCH3 is 1. The van der Waals surface area contributed by atoms with Crippen molar-refractivity contribution in [3.05, 3.63) is 34.9 Å². The summed E-state index contributed by atoms with van der Waals surface area (Å²) in [6.07, 6.45) is 0. The molecule has 1 aliphatic rings. The Morgan fingerprint density at radius 3 is 2.44 bits per heavy atom. The van der Waals surface area contributed by atoms with Crippen LogP contribution >= 0.6 is 0 Å². The molecular weight excluding hydrogens is 204 g/mol. The summed E-state index contributed by atoms with van der Waals surface area (Å²) >= 11 is 0. The first kappa shape index (κ1) is 11.1. The third-order valence-corrected chi connectivity index (χ3v) is 3.33. The van der Waals surface area contributed by atoms with Gasteiger partial charge in [0.05, 0.1) is 20.3 Å². The van der Waals surface area contributed by atoms with Gasteiger partial charge in [0.2, 0.25) is 0 Å². The first-order valence-corrected chi connectivity index (χ1v) is 5.34. The van der Waals surface area contributed by atoms with Crippen molar-refractivity contribution in [3.63, 3.8) is 0 Å². The van der Waals surface area contributed by atoms with E-state index in [1.54, 1.807) is 0 Å². The fourth-order valence-corrected chi connectivity index (χ4v) is 1.94. The molecule has 0 amide bonds. The van der Waals surface area contributed by atoms with Crippen LogP contribution in [0.15, 0.2) is 18.2 Å². The second-order valence-corrected chi connectivity index (χ2v) is 4.37. The number of rotatable bonds is 2. The highest BCUT2D eigenvalue weighted by molar-refractivity contribution is 5.84. The number of hydrogen-bond donors (Lipinski definition) is 0. The van der Waals surface area contributed by atoms with Gasteiger partial charge in [0.25, 0.3) is 0 Å². The summed E-state index contributed by atoms with van der Waals surface area (Å²) < 4.78 is 10.0. The van der Waals surface area contributed by atoms with E-state index < -0.39 is 5.41 Å². The molecule has 0 aliphatic carbocycles. The third kappa shape index (κ3) is 1.52. The summed E-state index contributed by atoms with van der Waals surface area (Å²) in [5.41, 5.74) is 2.83. The van der Waals surface area contributed by atoms with E-state index in [2.05, 4.69) is 13.0 Å². The molecule has 0 saturated carbocycles. The molecule has 0 atom stereocenters. The molecule has 1 saturated heterocycles. The monoisotopic (exact) mass is 220 g/mol. The zero-order valence-corrected chi connectivity index (χ0v) is 9.87. The van der Waals surface area contributed by atoms with Gasteiger partial charge in [0, 0.05) is 0 Å². The van der Waals surface area contributed by atoms with Gasteiger partial charge in [0.1, 0.15) is 5.41 Å². The van der Waals surface area contributed by atoms with Gasteiger partial charge >= 0.3 is 5.97 Å². The first-order valence-electron chi connectivity index (χ1n) is 5.34. The van der Waals surface area contributed by atoms with E-state index >= 15 is 0 Å². The maximum absolute atomic E-state index is 11.8. The third-order valence-electron chi connectivity index (χ3n) is 3.33. The summed E-state index contributed by atoms with van der Waals surface area (Å²) in [6, 6.07) is 6.07. The minimum Gasteiger partial charge on any atom is -0.468 e. The smallest absolute Gasteiger partial charge is 0.321 e. The van der Waals surface area contributed by atoms with E-state index in [4.69, 9.17) is 9.47 Å². The number of carbonyl (C=O) groups is 1. The molecule has 1 heterocycles. The van der Waals surface area contributed by atoms with Crippen LogP contribution in [0.3, 0.4) is 0 Å². The van der Waals surface area contributed by atoms with Crippen LogP contribution in [0.4, 0.5) is 0 Å². The van der Waals surface area contributed by atoms with Crippen LogP contribution in [0.1, 0.15) is 16.7 Å². The van der Waals surface area contributed by atoms with Gasteiger partial charge in [-0.3, -0.25) is 4.79 Å². The number of hydrogen-bond acceptors (Lipinski definition) is 3. The lowest BCUT2D eigenvalue weighted by atomic mass is 9.78. The molecule has 1 fully saturated rings. The Kier molecular flexibility index (Phi) is 2.72. The molecule has 86 valence electrons. The van der Waals surface area contributed by atoms with E-state index in [1.165, 1.54) is 18.2 Å². The van der Waals surface area contributed by atoms with Crippen molar-refractivity contribution in [1.82, 2.24) is 0 Å². The molecular formula is C13H16O3. The fraction of sp³-hybridized carbons (Fsp3) is 0.462. The molecule has 1 aliphatic heterocycles. The largest absolute Gasteiger partial charge is 0.468 e. The molecule has 0 unspecified atom stereocenters. The van der Waals surface area contributed by atoms with Gasteiger partial charge in [-0.1, -0.05) is 18.2 Å². The Morgan fingerprint density at radius 2 is 2.00 bits per heavy atom. The lowest BCUT2D eigenvalue weighted by molar-refractivity contribution is -0.166. The van der Waals surface area contributed by atoms with Gasteiger partial charge in [-0.2, -0.15) is 0 Å². The molecule has 1 aromatic rings. The maximum Gasteiger partial charge on any atom is 0.321 e. The van der Waals surface area contributed by atoms with Gasteiger partial charge < -0.3 is 9.47 Å². The van der Waals surface area contributed by atoms with Crippen LogP contribution in [-0.2, 0) is 19.7 Å². The lowest BCUT2D eigenvalue weighted by Crippen LogP contribution is -2.53. The number of benzene rings is 1. The number of ether oxygens (including phenoxy) is 2. The summed E-state index contributed by atoms with van der Waals surface area (Å²) in [5, 5.41) is 0. The Morgan fingerprint density at radius 1 is 1.31 bits per heavy atom. The van der Waals surface area contributed by atoms with Crippen LogP contribution in [-0.4, -0.2) is 26.3 Å². The zero-order valence-electron chi connectivity index (χ0n) is 9.87. The Bertz CT molecular complexity index is 419. The van der Waals surface area contributed by atoms with Crippen LogP contribution in [0, 0.1) is 13.8 Å². The van der Waals surface area contributed by atoms with Crippen LogP contribution in [0.5, 0.6) is 0 Å².